The summed E-state index contributed by atoms with van der Waals surface area (Å²) < 4.78 is 50.9. The van der Waals surface area contributed by atoms with E-state index in [0.717, 1.165) is 12.1 Å². The quantitative estimate of drug-likeness (QED) is 0.517. The van der Waals surface area contributed by atoms with Crippen LogP contribution in [0.5, 0.6) is 11.5 Å². The second-order valence-electron chi connectivity index (χ2n) is 10.2. The molecule has 196 valence electrons. The van der Waals surface area contributed by atoms with Gasteiger partial charge in [-0.3, -0.25) is 14.6 Å². The fraction of sp³-hybridized carbons (Fsp3) is 0.393. The number of aliphatic imine (C=N–C) groups is 1. The highest BCUT2D eigenvalue weighted by molar-refractivity contribution is 6.13. The summed E-state index contributed by atoms with van der Waals surface area (Å²) in [4.78, 5) is 31.9. The molecule has 0 aromatic heterocycles. The number of rotatable bonds is 5. The number of allylic oxidation sites excluding steroid dienone is 2. The van der Waals surface area contributed by atoms with Crippen LogP contribution in [0.2, 0.25) is 0 Å². The van der Waals surface area contributed by atoms with Crippen LogP contribution in [0, 0.1) is 11.3 Å². The minimum atomic E-state index is -4.56. The first-order valence-electron chi connectivity index (χ1n) is 11.9. The van der Waals surface area contributed by atoms with Gasteiger partial charge in [0, 0.05) is 40.6 Å². The molecule has 4 rings (SSSR count). The van der Waals surface area contributed by atoms with Crippen molar-refractivity contribution in [3.63, 3.8) is 0 Å². The number of hydrogen-bond acceptors (Lipinski definition) is 5. The van der Waals surface area contributed by atoms with Gasteiger partial charge in [0.2, 0.25) is 5.91 Å². The third-order valence-electron chi connectivity index (χ3n) is 6.81. The van der Waals surface area contributed by atoms with Crippen molar-refractivity contribution in [2.24, 2.45) is 16.3 Å². The number of halogens is 3. The number of nitrogens with one attached hydrogen (secondary N) is 1. The molecule has 0 fully saturated rings. The first-order valence-corrected chi connectivity index (χ1v) is 11.9. The molecule has 1 aliphatic carbocycles. The summed E-state index contributed by atoms with van der Waals surface area (Å²) in [5.41, 5.74) is 0.914. The summed E-state index contributed by atoms with van der Waals surface area (Å²) in [6, 6.07) is 9.67. The first kappa shape index (κ1) is 26.4. The Bertz CT molecular complexity index is 1310. The standard InChI is InChI=1S/C28H29F3N2O4/c1-15-22(26(35)33-17-9-6-8-16(12-17)28(29,30)31)23(18-10-7-11-21(36-4)25(18)37-5)24-19(32-15)13-27(2,3)14-20(24)34/h6-12,22-23H,13-14H2,1-5H3,(H,33,35)/t22?,23-/m1/s1. The molecule has 37 heavy (non-hydrogen) atoms. The Morgan fingerprint density at radius 1 is 1.08 bits per heavy atom. The fourth-order valence-corrected chi connectivity index (χ4v) is 5.27. The van der Waals surface area contributed by atoms with E-state index in [0.29, 0.717) is 40.5 Å². The van der Waals surface area contributed by atoms with Crippen LogP contribution >= 0.6 is 0 Å². The first-order chi connectivity index (χ1) is 17.4. The van der Waals surface area contributed by atoms with Gasteiger partial charge in [0.1, 0.15) is 0 Å². The second-order valence-corrected chi connectivity index (χ2v) is 10.2. The zero-order valence-electron chi connectivity index (χ0n) is 21.3. The van der Waals surface area contributed by atoms with Crippen molar-refractivity contribution in [1.82, 2.24) is 0 Å². The summed E-state index contributed by atoms with van der Waals surface area (Å²) in [7, 11) is 2.97. The lowest BCUT2D eigenvalue weighted by Crippen LogP contribution is -2.41. The number of alkyl halides is 3. The zero-order chi connectivity index (χ0) is 27.1. The Kier molecular flexibility index (Phi) is 6.92. The van der Waals surface area contributed by atoms with Gasteiger partial charge in [-0.15, -0.1) is 0 Å². The SMILES string of the molecule is COc1cccc([C@H]2C3=C(CC(C)(C)CC3=O)N=C(C)C2C(=O)Nc2cccc(C(F)(F)F)c2)c1OC. The summed E-state index contributed by atoms with van der Waals surface area (Å²) in [6.45, 7) is 5.69. The van der Waals surface area contributed by atoms with Gasteiger partial charge in [-0.25, -0.2) is 0 Å². The van der Waals surface area contributed by atoms with Crippen molar-refractivity contribution in [3.05, 3.63) is 64.9 Å². The van der Waals surface area contributed by atoms with Crippen LogP contribution in [-0.2, 0) is 15.8 Å². The molecule has 1 amide bonds. The van der Waals surface area contributed by atoms with Crippen LogP contribution in [0.3, 0.4) is 0 Å². The number of ketones is 1. The summed E-state index contributed by atoms with van der Waals surface area (Å²) in [5, 5.41) is 2.62. The summed E-state index contributed by atoms with van der Waals surface area (Å²) >= 11 is 0. The maximum absolute atomic E-state index is 13.7. The normalized spacial score (nSPS) is 21.2. The molecular weight excluding hydrogens is 485 g/mol. The van der Waals surface area contributed by atoms with Gasteiger partial charge in [-0.1, -0.05) is 32.0 Å². The molecule has 2 aromatic rings. The van der Waals surface area contributed by atoms with Gasteiger partial charge in [-0.05, 0) is 43.0 Å². The van der Waals surface area contributed by atoms with E-state index >= 15 is 0 Å². The van der Waals surface area contributed by atoms with Gasteiger partial charge in [0.15, 0.2) is 17.3 Å². The van der Waals surface area contributed by atoms with Crippen LogP contribution in [0.1, 0.15) is 50.7 Å². The second kappa shape index (κ2) is 9.68. The van der Waals surface area contributed by atoms with Crippen LogP contribution in [0.25, 0.3) is 0 Å². The van der Waals surface area contributed by atoms with Crippen molar-refractivity contribution < 1.29 is 32.2 Å². The lowest BCUT2D eigenvalue weighted by atomic mass is 9.66. The highest BCUT2D eigenvalue weighted by Gasteiger charge is 2.46. The highest BCUT2D eigenvalue weighted by atomic mass is 19.4. The van der Waals surface area contributed by atoms with Crippen LogP contribution < -0.4 is 14.8 Å². The topological polar surface area (TPSA) is 77.0 Å². The van der Waals surface area contributed by atoms with E-state index in [-0.39, 0.29) is 23.3 Å². The summed E-state index contributed by atoms with van der Waals surface area (Å²) in [5.74, 6) is -1.59. The van der Waals surface area contributed by atoms with Crippen LogP contribution in [0.15, 0.2) is 58.7 Å². The maximum Gasteiger partial charge on any atom is 0.416 e. The minimum Gasteiger partial charge on any atom is -0.493 e. The van der Waals surface area contributed by atoms with E-state index in [1.807, 2.05) is 13.8 Å². The predicted octanol–water partition coefficient (Wildman–Crippen LogP) is 6.18. The molecular formula is C28H29F3N2O4. The van der Waals surface area contributed by atoms with E-state index in [9.17, 15) is 22.8 Å². The molecule has 2 atom stereocenters. The number of methoxy groups -OCH3 is 2. The Balaban J connectivity index is 1.84. The van der Waals surface area contributed by atoms with E-state index in [1.165, 1.54) is 26.4 Å². The number of carbonyl (C=O) groups is 2. The average Bonchev–Trinajstić information content (AvgIpc) is 2.81. The lowest BCUT2D eigenvalue weighted by molar-refractivity contribution is -0.137. The van der Waals surface area contributed by atoms with Gasteiger partial charge >= 0.3 is 6.18 Å². The number of ether oxygens (including phenoxy) is 2. The molecule has 2 aliphatic rings. The van der Waals surface area contributed by atoms with E-state index in [1.54, 1.807) is 25.1 Å². The molecule has 0 spiro atoms. The summed E-state index contributed by atoms with van der Waals surface area (Å²) in [6.07, 6.45) is -3.72. The van der Waals surface area contributed by atoms with E-state index < -0.39 is 29.5 Å². The highest BCUT2D eigenvalue weighted by Crippen LogP contribution is 2.51. The predicted molar refractivity (Wildman–Crippen MR) is 134 cm³/mol. The molecule has 1 unspecified atom stereocenters. The lowest BCUT2D eigenvalue weighted by Gasteiger charge is -2.39. The third-order valence-corrected chi connectivity index (χ3v) is 6.81. The van der Waals surface area contributed by atoms with E-state index in [4.69, 9.17) is 9.47 Å². The molecule has 9 heteroatoms. The molecule has 2 aromatic carbocycles. The smallest absolute Gasteiger partial charge is 0.416 e. The minimum absolute atomic E-state index is 0.000127. The van der Waals surface area contributed by atoms with Gasteiger partial charge < -0.3 is 14.8 Å². The maximum atomic E-state index is 13.7. The Morgan fingerprint density at radius 3 is 2.43 bits per heavy atom. The Labute approximate surface area is 213 Å². The number of anilines is 1. The van der Waals surface area contributed by atoms with Crippen molar-refractivity contribution in [3.8, 4) is 11.5 Å². The van der Waals surface area contributed by atoms with Crippen molar-refractivity contribution in [2.45, 2.75) is 45.7 Å². The monoisotopic (exact) mass is 514 g/mol. The molecule has 1 heterocycles. The Morgan fingerprint density at radius 2 is 1.78 bits per heavy atom. The van der Waals surface area contributed by atoms with Gasteiger partial charge in [0.05, 0.1) is 25.7 Å². The van der Waals surface area contributed by atoms with E-state index in [2.05, 4.69) is 10.3 Å². The number of nitrogens with zero attached hydrogens (tertiary/aromatic N) is 1. The molecule has 6 nitrogen and oxygen atoms in total. The number of carbonyl (C=O) groups excluding carboxylic acids is 2. The molecule has 0 saturated carbocycles. The number of benzene rings is 2. The van der Waals surface area contributed by atoms with Crippen molar-refractivity contribution >= 4 is 23.1 Å². The van der Waals surface area contributed by atoms with Gasteiger partial charge in [0.25, 0.3) is 0 Å². The van der Waals surface area contributed by atoms with Crippen LogP contribution in [-0.4, -0.2) is 31.6 Å². The molecule has 0 radical (unpaired) electrons. The average molecular weight is 515 g/mol. The third kappa shape index (κ3) is 5.12. The number of Topliss-reactive ketones (excluding diaryl/α,β-unsaturated/α-hetero) is 1. The molecule has 1 N–H and O–H groups in total. The zero-order valence-corrected chi connectivity index (χ0v) is 21.3. The Hall–Kier alpha value is -3.62. The van der Waals surface area contributed by atoms with Gasteiger partial charge in [-0.2, -0.15) is 13.2 Å². The largest absolute Gasteiger partial charge is 0.493 e. The van der Waals surface area contributed by atoms with Crippen LogP contribution in [0.4, 0.5) is 18.9 Å². The molecule has 1 aliphatic heterocycles. The number of hydrogen-bond donors (Lipinski definition) is 1. The van der Waals surface area contributed by atoms with Crippen molar-refractivity contribution in [1.29, 1.82) is 0 Å². The molecule has 0 bridgehead atoms. The number of para-hydroxylation sites is 1. The fourth-order valence-electron chi connectivity index (χ4n) is 5.27. The molecule has 0 saturated heterocycles. The number of amides is 1. The van der Waals surface area contributed by atoms with Crippen molar-refractivity contribution in [2.75, 3.05) is 19.5 Å².